The fourth-order valence-electron chi connectivity index (χ4n) is 11.5. The Hall–Kier alpha value is -5.74. The molecular weight excluding hydrogens is 1720 g/mol. The van der Waals surface area contributed by atoms with Crippen LogP contribution < -0.4 is 30.7 Å². The van der Waals surface area contributed by atoms with Gasteiger partial charge < -0.3 is 140 Å². The Morgan fingerprint density at radius 3 is 1.03 bits per heavy atom. The predicted molar refractivity (Wildman–Crippen MR) is 366 cm³/mol. The second kappa shape index (κ2) is 42.2. The number of amides is 2. The van der Waals surface area contributed by atoms with Crippen LogP contribution in [0.1, 0.15) is 12.8 Å². The zero-order chi connectivity index (χ0) is 87.2. The molecule has 56 nitrogen and oxygen atoms in total. The second-order valence-corrected chi connectivity index (χ2v) is 31.9. The van der Waals surface area contributed by atoms with Crippen LogP contribution in [0.4, 0.5) is 22.7 Å². The molecule has 4 aliphatic rings. The molecule has 0 aromatic heterocycles. The summed E-state index contributed by atoms with van der Waals surface area (Å²) in [5, 5.41) is 162. The standard InChI is InChI=1S/C54H84N6O50S6/c1-97-41-27(17-101-113(85,86)87)103-51(31(37(41)71)59-111(79,80)81)105-43-39(73)45(109-115(91,92)93)53(107-47(43)49(75)76)99-15-25(63)35(69)33(67)23(61)13-55-19-5-3-7-21(11-19)57-29(65)9-10-30(66)58-22-8-4-6-20(12-22)56-14-24(62)34(68)36(70)26(64)16-100-54-46(110-116(94,95)96)40(74)44(48(108-54)50(77)78)106-52-32(60-112(82,83)84)38(72)42(98-2)28(104-52)18-102-114(88,89)90/h3-8,11-12,23-28,31-48,51-56,59-64,67-74H,9-10,13-18H2,1-2H3,(H,57,65)(H,58,66)(H,75,76)(H,77,78)(H,79,80,81)(H,82,83,84)(H,85,86,87)(H,88,89,90)(H,91,92,93)(H,94,95,96)/t23-,24-,25+,26+,27+,28+,31+,32+,33+,34+,35+,36+,37+,38+,39-,40-,41+,42+,43-,44-,45+,46+,47+,48+,51+,52+,53+,54+/m0/s1. The summed E-state index contributed by atoms with van der Waals surface area (Å²) in [5.74, 6) is -5.71. The van der Waals surface area contributed by atoms with Gasteiger partial charge >= 0.3 is 74.1 Å². The largest absolute Gasteiger partial charge is 0.479 e. The third-order valence-corrected chi connectivity index (χ3v) is 19.8. The Morgan fingerprint density at radius 1 is 0.422 bits per heavy atom. The van der Waals surface area contributed by atoms with E-state index >= 15 is 0 Å². The van der Waals surface area contributed by atoms with Crippen molar-refractivity contribution in [3.05, 3.63) is 48.5 Å². The van der Waals surface area contributed by atoms with Gasteiger partial charge in [-0.15, -0.1) is 0 Å². The first-order valence-corrected chi connectivity index (χ1v) is 41.1. The molecule has 2 amide bonds. The predicted octanol–water partition coefficient (Wildman–Crippen LogP) is -12.4. The first kappa shape index (κ1) is 99.1. The number of hydrogen-bond acceptors (Lipinski definition) is 44. The summed E-state index contributed by atoms with van der Waals surface area (Å²) >= 11 is 0. The molecule has 62 heteroatoms. The summed E-state index contributed by atoms with van der Waals surface area (Å²) in [4.78, 5) is 51.1. The lowest BCUT2D eigenvalue weighted by atomic mass is 9.95. The molecular formula is C54H84N6O50S6. The van der Waals surface area contributed by atoms with Gasteiger partial charge in [0.2, 0.25) is 11.8 Å². The minimum atomic E-state index is -5.76. The lowest BCUT2D eigenvalue weighted by molar-refractivity contribution is -0.340. The quantitative estimate of drug-likeness (QED) is 0.0274. The van der Waals surface area contributed by atoms with E-state index in [0.717, 1.165) is 14.2 Å². The highest BCUT2D eigenvalue weighted by molar-refractivity contribution is 7.84. The molecule has 2 aromatic rings. The number of nitrogens with one attached hydrogen (secondary N) is 6. The number of carboxylic acids is 2. The molecule has 0 aliphatic carbocycles. The molecule has 28 atom stereocenters. The lowest BCUT2D eigenvalue weighted by Crippen LogP contribution is -2.68. The highest BCUT2D eigenvalue weighted by Crippen LogP contribution is 2.36. The minimum absolute atomic E-state index is 0.0927. The van der Waals surface area contributed by atoms with Gasteiger partial charge in [-0.1, -0.05) is 12.1 Å². The van der Waals surface area contributed by atoms with E-state index in [0.29, 0.717) is 0 Å². The summed E-state index contributed by atoms with van der Waals surface area (Å²) in [7, 11) is -31.1. The molecule has 0 saturated carbocycles. The van der Waals surface area contributed by atoms with Gasteiger partial charge in [-0.2, -0.15) is 60.0 Å². The molecule has 4 heterocycles. The maximum absolute atomic E-state index is 13.0. The van der Waals surface area contributed by atoms with E-state index in [1.165, 1.54) is 58.0 Å². The zero-order valence-corrected chi connectivity index (χ0v) is 64.0. The van der Waals surface area contributed by atoms with Crippen LogP contribution in [-0.4, -0.2) is 398 Å². The number of aliphatic hydroxyl groups is 12. The highest BCUT2D eigenvalue weighted by atomic mass is 32.3. The summed E-state index contributed by atoms with van der Waals surface area (Å²) in [5.41, 5.74) is 0.446. The number of ether oxygens (including phenoxy) is 10. The summed E-state index contributed by atoms with van der Waals surface area (Å²) in [6.07, 6.45) is -62.6. The number of methoxy groups -OCH3 is 2. The fraction of sp³-hybridized carbons (Fsp3) is 0.704. The maximum atomic E-state index is 13.0. The van der Waals surface area contributed by atoms with Gasteiger partial charge in [-0.3, -0.25) is 36.9 Å². The van der Waals surface area contributed by atoms with E-state index in [9.17, 15) is 159 Å². The van der Waals surface area contributed by atoms with Crippen LogP contribution in [0.15, 0.2) is 48.5 Å². The average Bonchev–Trinajstić information content (AvgIpc) is 0.770. The SMILES string of the molecule is CO[C@H]1[C@H](O)[C@@H](NS(=O)(=O)O)[C@@H](O[C@H]2[C@H](O)[C@@H](OS(=O)(=O)O)[C@H](OC[C@@H](O)[C@@H](O)[C@H](O)[C@@H](O)CNc3cccc(NC(=O)CCC(=O)Nc4cccc(NC[C@H](O)[C@@H](O)[C@H](O)[C@H](O)CO[C@@H]5O[C@@H](C(=O)O)[C@@H](O[C@H]6O[C@H](COS(=O)(=O)O)[C@@H](OC)[C@H](O)[C@H]6NS(=O)(=O)O)[C@H](O)[C@H]5OS(=O)(=O)O)c4)c3)O[C@H]2C(=O)O)O[C@@H]1COS(=O)(=O)O. The van der Waals surface area contributed by atoms with E-state index in [4.69, 9.17) is 56.5 Å². The van der Waals surface area contributed by atoms with Crippen LogP contribution in [0.2, 0.25) is 0 Å². The van der Waals surface area contributed by atoms with Crippen molar-refractivity contribution >= 4 is 109 Å². The number of rotatable bonds is 45. The fourth-order valence-corrected chi connectivity index (χ4v) is 14.3. The van der Waals surface area contributed by atoms with Crippen LogP contribution in [0, 0.1) is 0 Å². The van der Waals surface area contributed by atoms with Gasteiger partial charge in [0, 0.05) is 62.9 Å². The molecule has 4 aliphatic heterocycles. The Morgan fingerprint density at radius 2 is 0.741 bits per heavy atom. The maximum Gasteiger partial charge on any atom is 0.397 e. The highest BCUT2D eigenvalue weighted by Gasteiger charge is 2.59. The van der Waals surface area contributed by atoms with Crippen LogP contribution in [-0.2, 0) is 145 Å². The average molecular weight is 1810 g/mol. The van der Waals surface area contributed by atoms with Gasteiger partial charge in [0.1, 0.15) is 110 Å². The van der Waals surface area contributed by atoms with E-state index in [1.54, 1.807) is 0 Å². The number of anilines is 4. The number of carboxylic acid groups (broad SMARTS) is 2. The molecule has 0 spiro atoms. The van der Waals surface area contributed by atoms with Crippen molar-refractivity contribution in [3.63, 3.8) is 0 Å². The van der Waals surface area contributed by atoms with Gasteiger partial charge in [-0.05, 0) is 36.4 Å². The van der Waals surface area contributed by atoms with Crippen molar-refractivity contribution in [3.8, 4) is 0 Å². The first-order valence-electron chi connectivity index (χ1n) is 32.7. The van der Waals surface area contributed by atoms with Gasteiger partial charge in [-0.25, -0.2) is 26.3 Å². The molecule has 0 unspecified atom stereocenters. The molecule has 666 valence electrons. The Kier molecular flexibility index (Phi) is 36.0. The Balaban J connectivity index is 0.972. The van der Waals surface area contributed by atoms with Crippen molar-refractivity contribution in [1.82, 2.24) is 9.44 Å². The van der Waals surface area contributed by atoms with E-state index in [2.05, 4.69) is 38.0 Å². The van der Waals surface area contributed by atoms with Crippen LogP contribution in [0.25, 0.3) is 0 Å². The lowest BCUT2D eigenvalue weighted by Gasteiger charge is -2.47. The van der Waals surface area contributed by atoms with Crippen molar-refractivity contribution in [1.29, 1.82) is 0 Å². The van der Waals surface area contributed by atoms with E-state index in [-0.39, 0.29) is 22.7 Å². The van der Waals surface area contributed by atoms with Gasteiger partial charge in [0.15, 0.2) is 49.6 Å². The first-order chi connectivity index (χ1) is 53.6. The molecule has 0 bridgehead atoms. The van der Waals surface area contributed by atoms with Gasteiger partial charge in [0.25, 0.3) is 0 Å². The second-order valence-electron chi connectivity index (χ2n) is 25.2. The zero-order valence-electron chi connectivity index (χ0n) is 59.1. The number of carbonyl (C=O) groups is 4. The summed E-state index contributed by atoms with van der Waals surface area (Å²) in [6, 6.07) is 6.33. The number of hydrogen-bond donors (Lipinski definition) is 26. The molecule has 26 N–H and O–H groups in total. The van der Waals surface area contributed by atoms with Crippen molar-refractivity contribution < 1.29 is 233 Å². The van der Waals surface area contributed by atoms with Crippen LogP contribution in [0.3, 0.4) is 0 Å². The van der Waals surface area contributed by atoms with E-state index in [1.807, 2.05) is 0 Å². The molecule has 0 radical (unpaired) electrons. The van der Waals surface area contributed by atoms with Gasteiger partial charge in [0.05, 0.1) is 38.6 Å². The normalized spacial score (nSPS) is 30.6. The molecule has 2 aromatic carbocycles. The van der Waals surface area contributed by atoms with Crippen molar-refractivity contribution in [2.75, 3.05) is 75.0 Å². The molecule has 4 saturated heterocycles. The monoisotopic (exact) mass is 1810 g/mol. The smallest absolute Gasteiger partial charge is 0.397 e. The van der Waals surface area contributed by atoms with Crippen molar-refractivity contribution in [2.24, 2.45) is 0 Å². The Bertz CT molecular complexity index is 4050. The third-order valence-electron chi connectivity index (χ3n) is 16.8. The summed E-state index contributed by atoms with van der Waals surface area (Å²) in [6.45, 7) is -6.46. The van der Waals surface area contributed by atoms with Crippen LogP contribution in [0.5, 0.6) is 0 Å². The number of carbonyl (C=O) groups excluding carboxylic acids is 2. The van der Waals surface area contributed by atoms with Crippen molar-refractivity contribution in [2.45, 2.75) is 184 Å². The number of aliphatic carboxylic acids is 2. The summed E-state index contributed by atoms with van der Waals surface area (Å²) < 4.78 is 270. The number of benzene rings is 2. The van der Waals surface area contributed by atoms with E-state index < -0.39 is 310 Å². The molecule has 116 heavy (non-hydrogen) atoms. The third kappa shape index (κ3) is 30.1. The molecule has 4 fully saturated rings. The Labute approximate surface area is 655 Å². The minimum Gasteiger partial charge on any atom is -0.479 e. The molecule has 6 rings (SSSR count). The topological polar surface area (TPSA) is 879 Å². The number of aliphatic hydroxyl groups excluding tert-OH is 12. The van der Waals surface area contributed by atoms with Crippen LogP contribution >= 0.6 is 0 Å².